The largest absolute Gasteiger partial charge is 0.466 e. The van der Waals surface area contributed by atoms with Crippen molar-refractivity contribution in [1.29, 1.82) is 0 Å². The number of aliphatic hydroxyl groups is 2. The molecule has 2 aromatic carbocycles. The monoisotopic (exact) mass is 315 g/mol. The van der Waals surface area contributed by atoms with E-state index in [4.69, 9.17) is 4.74 Å². The van der Waals surface area contributed by atoms with E-state index in [2.05, 4.69) is 5.32 Å². The third kappa shape index (κ3) is 5.09. The summed E-state index contributed by atoms with van der Waals surface area (Å²) in [5.41, 5.74) is 2.24. The summed E-state index contributed by atoms with van der Waals surface area (Å²) in [6.07, 6.45) is -2.61. The van der Waals surface area contributed by atoms with Gasteiger partial charge in [-0.1, -0.05) is 30.3 Å². The highest BCUT2D eigenvalue weighted by atomic mass is 16.5. The topological polar surface area (TPSA) is 78.8 Å². The van der Waals surface area contributed by atoms with Crippen LogP contribution in [0.2, 0.25) is 0 Å². The van der Waals surface area contributed by atoms with E-state index in [9.17, 15) is 15.0 Å². The molecule has 0 aliphatic rings. The van der Waals surface area contributed by atoms with Crippen molar-refractivity contribution in [2.75, 3.05) is 11.9 Å². The zero-order chi connectivity index (χ0) is 16.7. The van der Waals surface area contributed by atoms with Crippen LogP contribution in [-0.4, -0.2) is 28.9 Å². The number of esters is 1. The summed E-state index contributed by atoms with van der Waals surface area (Å²) in [6, 6.07) is 16.7. The Morgan fingerprint density at radius 2 is 1.78 bits per heavy atom. The van der Waals surface area contributed by atoms with Crippen LogP contribution in [0.15, 0.2) is 54.6 Å². The molecule has 0 aliphatic heterocycles. The van der Waals surface area contributed by atoms with Gasteiger partial charge < -0.3 is 20.3 Å². The van der Waals surface area contributed by atoms with Crippen LogP contribution < -0.4 is 5.32 Å². The van der Waals surface area contributed by atoms with Crippen LogP contribution in [0, 0.1) is 0 Å². The molecule has 23 heavy (non-hydrogen) atoms. The summed E-state index contributed by atoms with van der Waals surface area (Å²) in [6.45, 7) is 1.94. The molecule has 0 bridgehead atoms. The zero-order valence-electron chi connectivity index (χ0n) is 13.0. The first-order valence-corrected chi connectivity index (χ1v) is 7.54. The second-order valence-corrected chi connectivity index (χ2v) is 5.14. The fraction of sp³-hybridized carbons (Fsp3) is 0.278. The summed E-state index contributed by atoms with van der Waals surface area (Å²) in [4.78, 5) is 11.4. The van der Waals surface area contributed by atoms with E-state index in [0.29, 0.717) is 5.56 Å². The van der Waals surface area contributed by atoms with E-state index < -0.39 is 18.2 Å². The highest BCUT2D eigenvalue weighted by molar-refractivity contribution is 5.70. The molecule has 0 aromatic heterocycles. The van der Waals surface area contributed by atoms with Crippen molar-refractivity contribution in [3.63, 3.8) is 0 Å². The maximum atomic E-state index is 11.4. The Morgan fingerprint density at radius 3 is 2.48 bits per heavy atom. The van der Waals surface area contributed by atoms with Gasteiger partial charge in [0.1, 0.15) is 6.10 Å². The quantitative estimate of drug-likeness (QED) is 0.685. The molecule has 0 saturated carbocycles. The average molecular weight is 315 g/mol. The first-order valence-electron chi connectivity index (χ1n) is 7.54. The Hall–Kier alpha value is -2.37. The third-order valence-corrected chi connectivity index (χ3v) is 3.34. The molecule has 0 aliphatic carbocycles. The van der Waals surface area contributed by atoms with E-state index >= 15 is 0 Å². The highest BCUT2D eigenvalue weighted by Crippen LogP contribution is 2.24. The maximum Gasteiger partial charge on any atom is 0.308 e. The van der Waals surface area contributed by atoms with Gasteiger partial charge in [0, 0.05) is 11.4 Å². The van der Waals surface area contributed by atoms with Gasteiger partial charge in [0.25, 0.3) is 0 Å². The van der Waals surface area contributed by atoms with Crippen LogP contribution in [0.5, 0.6) is 0 Å². The molecular formula is C18H21NO4. The Bertz CT molecular complexity index is 630. The number of carbonyl (C=O) groups excluding carboxylic acids is 1. The predicted molar refractivity (Wildman–Crippen MR) is 88.4 cm³/mol. The van der Waals surface area contributed by atoms with Crippen molar-refractivity contribution in [1.82, 2.24) is 0 Å². The van der Waals surface area contributed by atoms with Crippen molar-refractivity contribution in [2.45, 2.75) is 25.6 Å². The van der Waals surface area contributed by atoms with Gasteiger partial charge in [-0.25, -0.2) is 0 Å². The summed E-state index contributed by atoms with van der Waals surface area (Å²) in [7, 11) is 0. The van der Waals surface area contributed by atoms with Crippen LogP contribution in [0.4, 0.5) is 11.4 Å². The highest BCUT2D eigenvalue weighted by Gasteiger charge is 2.22. The van der Waals surface area contributed by atoms with Crippen LogP contribution >= 0.6 is 0 Å². The number of anilines is 2. The van der Waals surface area contributed by atoms with Gasteiger partial charge in [0.2, 0.25) is 0 Å². The molecule has 122 valence electrons. The molecule has 5 nitrogen and oxygen atoms in total. The molecule has 0 amide bonds. The molecule has 0 heterocycles. The molecule has 3 N–H and O–H groups in total. The number of para-hydroxylation sites is 1. The first kappa shape index (κ1) is 17.0. The Morgan fingerprint density at radius 1 is 1.09 bits per heavy atom. The van der Waals surface area contributed by atoms with Gasteiger partial charge in [0.15, 0.2) is 0 Å². The number of ether oxygens (including phenoxy) is 1. The minimum absolute atomic E-state index is 0.245. The standard InChI is InChI=1S/C18H21NO4/c1-2-23-17(21)12-16(20)18(22)13-7-6-10-15(11-13)19-14-8-4-3-5-9-14/h3-11,16,18-20,22H,2,12H2,1H3. The lowest BCUT2D eigenvalue weighted by molar-refractivity contribution is -0.147. The number of nitrogens with one attached hydrogen (secondary N) is 1. The van der Waals surface area contributed by atoms with Crippen LogP contribution in [0.1, 0.15) is 25.0 Å². The Kier molecular flexibility index (Phi) is 6.14. The van der Waals surface area contributed by atoms with Crippen molar-refractivity contribution < 1.29 is 19.7 Å². The number of rotatable bonds is 7. The molecule has 2 atom stereocenters. The average Bonchev–Trinajstić information content (AvgIpc) is 2.55. The van der Waals surface area contributed by atoms with Gasteiger partial charge in [-0.2, -0.15) is 0 Å². The minimum atomic E-state index is -1.21. The van der Waals surface area contributed by atoms with E-state index in [1.165, 1.54) is 0 Å². The van der Waals surface area contributed by atoms with Gasteiger partial charge in [-0.15, -0.1) is 0 Å². The lowest BCUT2D eigenvalue weighted by atomic mass is 10.0. The summed E-state index contributed by atoms with van der Waals surface area (Å²) >= 11 is 0. The van der Waals surface area contributed by atoms with Gasteiger partial charge in [-0.3, -0.25) is 4.79 Å². The SMILES string of the molecule is CCOC(=O)CC(O)C(O)c1cccc(Nc2ccccc2)c1. The molecule has 0 saturated heterocycles. The van der Waals surface area contributed by atoms with Gasteiger partial charge in [0.05, 0.1) is 19.1 Å². The minimum Gasteiger partial charge on any atom is -0.466 e. The van der Waals surface area contributed by atoms with E-state index in [1.807, 2.05) is 36.4 Å². The summed E-state index contributed by atoms with van der Waals surface area (Å²) < 4.78 is 4.78. The molecule has 2 aromatic rings. The van der Waals surface area contributed by atoms with Crippen molar-refractivity contribution in [2.24, 2.45) is 0 Å². The van der Waals surface area contributed by atoms with Crippen molar-refractivity contribution in [3.05, 3.63) is 60.2 Å². The van der Waals surface area contributed by atoms with Crippen LogP contribution in [0.3, 0.4) is 0 Å². The third-order valence-electron chi connectivity index (χ3n) is 3.34. The van der Waals surface area contributed by atoms with Crippen molar-refractivity contribution in [3.8, 4) is 0 Å². The number of benzene rings is 2. The number of carbonyl (C=O) groups is 1. The second-order valence-electron chi connectivity index (χ2n) is 5.14. The molecule has 0 spiro atoms. The predicted octanol–water partition coefficient (Wildman–Crippen LogP) is 2.78. The molecule has 0 radical (unpaired) electrons. The van der Waals surface area contributed by atoms with Gasteiger partial charge >= 0.3 is 5.97 Å². The maximum absolute atomic E-state index is 11.4. The van der Waals surface area contributed by atoms with Crippen LogP contribution in [-0.2, 0) is 9.53 Å². The van der Waals surface area contributed by atoms with Crippen molar-refractivity contribution >= 4 is 17.3 Å². The van der Waals surface area contributed by atoms with Crippen LogP contribution in [0.25, 0.3) is 0 Å². The molecular weight excluding hydrogens is 294 g/mol. The lowest BCUT2D eigenvalue weighted by Crippen LogP contribution is -2.23. The Labute approximate surface area is 135 Å². The smallest absolute Gasteiger partial charge is 0.308 e. The zero-order valence-corrected chi connectivity index (χ0v) is 13.0. The summed E-state index contributed by atoms with van der Waals surface area (Å²) in [5.74, 6) is -0.530. The van der Waals surface area contributed by atoms with E-state index in [1.54, 1.807) is 25.1 Å². The molecule has 0 fully saturated rings. The van der Waals surface area contributed by atoms with E-state index in [-0.39, 0.29) is 13.0 Å². The molecule has 2 rings (SSSR count). The number of aliphatic hydroxyl groups excluding tert-OH is 2. The molecule has 2 unspecified atom stereocenters. The fourth-order valence-corrected chi connectivity index (χ4v) is 2.21. The van der Waals surface area contributed by atoms with Gasteiger partial charge in [-0.05, 0) is 36.8 Å². The summed E-state index contributed by atoms with van der Waals surface area (Å²) in [5, 5.41) is 23.4. The normalized spacial score (nSPS) is 13.2. The fourth-order valence-electron chi connectivity index (χ4n) is 2.21. The molecule has 5 heteroatoms. The second kappa shape index (κ2) is 8.31. The van der Waals surface area contributed by atoms with E-state index in [0.717, 1.165) is 11.4 Å². The Balaban J connectivity index is 2.04. The number of hydrogen-bond acceptors (Lipinski definition) is 5. The lowest BCUT2D eigenvalue weighted by Gasteiger charge is -2.18. The number of hydrogen-bond donors (Lipinski definition) is 3. The first-order chi connectivity index (χ1) is 11.1.